The van der Waals surface area contributed by atoms with Gasteiger partial charge in [0, 0.05) is 0 Å². The molecule has 6 nitrogen and oxygen atoms in total. The highest BCUT2D eigenvalue weighted by molar-refractivity contribution is 7.85. The average molecular weight is 443 g/mol. The number of carbonyl (C=O) groups is 1. The van der Waals surface area contributed by atoms with Gasteiger partial charge < -0.3 is 9.84 Å². The third kappa shape index (κ3) is 12.2. The number of aliphatic carboxylic acids is 1. The summed E-state index contributed by atoms with van der Waals surface area (Å²) in [5, 5.41) is 8.70. The molecule has 0 saturated heterocycles. The highest BCUT2D eigenvalue weighted by atomic mass is 32.2. The van der Waals surface area contributed by atoms with E-state index >= 15 is 0 Å². The van der Waals surface area contributed by atoms with Crippen molar-refractivity contribution in [1.29, 1.82) is 0 Å². The van der Waals surface area contributed by atoms with Crippen molar-refractivity contribution in [1.82, 2.24) is 0 Å². The first-order valence-corrected chi connectivity index (χ1v) is 12.7. The van der Waals surface area contributed by atoms with Crippen molar-refractivity contribution in [2.45, 2.75) is 102 Å². The minimum Gasteiger partial charge on any atom is -0.482 e. The van der Waals surface area contributed by atoms with Gasteiger partial charge in [-0.15, -0.1) is 0 Å². The van der Waals surface area contributed by atoms with Gasteiger partial charge in [0.15, 0.2) is 6.61 Å². The lowest BCUT2D eigenvalue weighted by molar-refractivity contribution is -0.139. The maximum Gasteiger partial charge on any atom is 0.341 e. The molecule has 0 unspecified atom stereocenters. The molecule has 1 aromatic rings. The molecule has 2 N–H and O–H groups in total. The molecule has 0 aromatic heterocycles. The molecular weight excluding hydrogens is 404 g/mol. The highest BCUT2D eigenvalue weighted by Gasteiger charge is 2.16. The van der Waals surface area contributed by atoms with Crippen LogP contribution in [-0.4, -0.2) is 30.7 Å². The summed E-state index contributed by atoms with van der Waals surface area (Å²) in [6.07, 6.45) is 16.5. The number of hydrogen-bond donors (Lipinski definition) is 2. The first-order chi connectivity index (χ1) is 14.3. The van der Waals surface area contributed by atoms with Crippen LogP contribution in [0.5, 0.6) is 5.75 Å². The van der Waals surface area contributed by atoms with E-state index in [9.17, 15) is 17.8 Å². The van der Waals surface area contributed by atoms with Crippen LogP contribution in [0.1, 0.15) is 96.0 Å². The summed E-state index contributed by atoms with van der Waals surface area (Å²) in [5.41, 5.74) is 0.462. The van der Waals surface area contributed by atoms with E-state index in [-0.39, 0.29) is 10.6 Å². The van der Waals surface area contributed by atoms with E-state index in [1.165, 1.54) is 82.4 Å². The SMILES string of the molecule is CCCCCCCCCCCCCCCc1cc(OCC(=O)O)ccc1S(=O)(=O)O. The Bertz CT molecular complexity index is 714. The third-order valence-electron chi connectivity index (χ3n) is 5.22. The molecule has 0 spiro atoms. The molecule has 0 amide bonds. The van der Waals surface area contributed by atoms with Crippen LogP contribution in [-0.2, 0) is 21.3 Å². The van der Waals surface area contributed by atoms with Gasteiger partial charge in [-0.05, 0) is 36.6 Å². The Morgan fingerprint density at radius 2 is 1.37 bits per heavy atom. The van der Waals surface area contributed by atoms with Crippen LogP contribution in [0.15, 0.2) is 23.1 Å². The van der Waals surface area contributed by atoms with Crippen molar-refractivity contribution < 1.29 is 27.6 Å². The zero-order chi connectivity index (χ0) is 22.2. The minimum atomic E-state index is -4.32. The third-order valence-corrected chi connectivity index (χ3v) is 6.18. The molecule has 0 fully saturated rings. The van der Waals surface area contributed by atoms with Gasteiger partial charge in [0.2, 0.25) is 0 Å². The number of ether oxygens (including phenoxy) is 1. The maximum atomic E-state index is 11.6. The summed E-state index contributed by atoms with van der Waals surface area (Å²) in [5.74, 6) is -0.818. The van der Waals surface area contributed by atoms with E-state index in [1.54, 1.807) is 0 Å². The van der Waals surface area contributed by atoms with Gasteiger partial charge in [-0.1, -0.05) is 84.0 Å². The standard InChI is InChI=1S/C23H38O6S/c1-2-3-4-5-6-7-8-9-10-11-12-13-14-15-20-18-21(29-19-23(24)25)16-17-22(20)30(26,27)28/h16-18H,2-15,19H2,1H3,(H,24,25)(H,26,27,28). The van der Waals surface area contributed by atoms with Gasteiger partial charge in [0.1, 0.15) is 5.75 Å². The number of hydrogen-bond acceptors (Lipinski definition) is 4. The molecule has 0 bridgehead atoms. The summed E-state index contributed by atoms with van der Waals surface area (Å²) in [7, 11) is -4.32. The van der Waals surface area contributed by atoms with Crippen LogP contribution in [0.25, 0.3) is 0 Å². The van der Waals surface area contributed by atoms with Crippen molar-refractivity contribution >= 4 is 16.1 Å². The Morgan fingerprint density at radius 3 is 1.83 bits per heavy atom. The largest absolute Gasteiger partial charge is 0.482 e. The molecule has 0 aliphatic rings. The van der Waals surface area contributed by atoms with E-state index in [4.69, 9.17) is 9.84 Å². The number of carboxylic acids is 1. The Hall–Kier alpha value is -1.60. The van der Waals surface area contributed by atoms with E-state index in [0.717, 1.165) is 19.3 Å². The van der Waals surface area contributed by atoms with E-state index < -0.39 is 22.7 Å². The molecule has 1 aromatic carbocycles. The highest BCUT2D eigenvalue weighted by Crippen LogP contribution is 2.24. The second kappa shape index (κ2) is 15.2. The monoisotopic (exact) mass is 442 g/mol. The van der Waals surface area contributed by atoms with Gasteiger partial charge in [-0.2, -0.15) is 8.42 Å². The Kier molecular flexibility index (Phi) is 13.4. The van der Waals surface area contributed by atoms with Crippen molar-refractivity contribution in [3.05, 3.63) is 23.8 Å². The number of benzene rings is 1. The summed E-state index contributed by atoms with van der Waals surface area (Å²) in [6.45, 7) is 1.74. The molecule has 0 atom stereocenters. The van der Waals surface area contributed by atoms with Crippen molar-refractivity contribution in [3.63, 3.8) is 0 Å². The smallest absolute Gasteiger partial charge is 0.341 e. The first-order valence-electron chi connectivity index (χ1n) is 11.3. The van der Waals surface area contributed by atoms with E-state index in [2.05, 4.69) is 6.92 Å². The Labute approximate surface area is 181 Å². The zero-order valence-corrected chi connectivity index (χ0v) is 19.1. The van der Waals surface area contributed by atoms with Gasteiger partial charge in [0.05, 0.1) is 4.90 Å². The first kappa shape index (κ1) is 26.4. The second-order valence-corrected chi connectivity index (χ2v) is 9.31. The summed E-state index contributed by atoms with van der Waals surface area (Å²) in [4.78, 5) is 10.5. The lowest BCUT2D eigenvalue weighted by atomic mass is 10.0. The predicted octanol–water partition coefficient (Wildman–Crippen LogP) is 6.03. The van der Waals surface area contributed by atoms with Crippen LogP contribution < -0.4 is 4.74 Å². The lowest BCUT2D eigenvalue weighted by Gasteiger charge is -2.10. The van der Waals surface area contributed by atoms with Crippen LogP contribution in [0, 0.1) is 0 Å². The van der Waals surface area contributed by atoms with Crippen LogP contribution in [0.3, 0.4) is 0 Å². The second-order valence-electron chi connectivity index (χ2n) is 7.92. The summed E-state index contributed by atoms with van der Waals surface area (Å²) >= 11 is 0. The number of carboxylic acid groups (broad SMARTS) is 1. The molecular formula is C23H38O6S. The Morgan fingerprint density at radius 1 is 0.867 bits per heavy atom. The van der Waals surface area contributed by atoms with Gasteiger partial charge in [-0.25, -0.2) is 4.79 Å². The van der Waals surface area contributed by atoms with E-state index in [0.29, 0.717) is 12.0 Å². The van der Waals surface area contributed by atoms with Crippen molar-refractivity contribution in [2.75, 3.05) is 6.61 Å². The van der Waals surface area contributed by atoms with Crippen molar-refractivity contribution in [3.8, 4) is 5.75 Å². The molecule has 30 heavy (non-hydrogen) atoms. The van der Waals surface area contributed by atoms with Crippen LogP contribution in [0.4, 0.5) is 0 Å². The van der Waals surface area contributed by atoms with Crippen molar-refractivity contribution in [2.24, 2.45) is 0 Å². The zero-order valence-electron chi connectivity index (χ0n) is 18.3. The lowest BCUT2D eigenvalue weighted by Crippen LogP contribution is -2.10. The fourth-order valence-corrected chi connectivity index (χ4v) is 4.30. The van der Waals surface area contributed by atoms with Gasteiger partial charge in [-0.3, -0.25) is 4.55 Å². The summed E-state index contributed by atoms with van der Waals surface area (Å²) < 4.78 is 37.7. The van der Waals surface area contributed by atoms with Gasteiger partial charge in [0.25, 0.3) is 10.1 Å². The number of rotatable bonds is 18. The molecule has 0 aliphatic carbocycles. The maximum absolute atomic E-state index is 11.6. The topological polar surface area (TPSA) is 101 Å². The van der Waals surface area contributed by atoms with E-state index in [1.807, 2.05) is 0 Å². The molecule has 0 aliphatic heterocycles. The fourth-order valence-electron chi connectivity index (χ4n) is 3.57. The quantitative estimate of drug-likeness (QED) is 0.213. The Balaban J connectivity index is 2.28. The average Bonchev–Trinajstić information content (AvgIpc) is 2.69. The van der Waals surface area contributed by atoms with Crippen LogP contribution in [0.2, 0.25) is 0 Å². The molecule has 172 valence electrons. The number of aryl methyl sites for hydroxylation is 1. The molecule has 0 heterocycles. The number of unbranched alkanes of at least 4 members (excludes halogenated alkanes) is 12. The summed E-state index contributed by atoms with van der Waals surface area (Å²) in [6, 6.07) is 4.13. The van der Waals surface area contributed by atoms with Crippen LogP contribution >= 0.6 is 0 Å². The molecule has 1 rings (SSSR count). The van der Waals surface area contributed by atoms with Gasteiger partial charge >= 0.3 is 5.97 Å². The minimum absolute atomic E-state index is 0.135. The molecule has 0 saturated carbocycles. The normalized spacial score (nSPS) is 11.5. The predicted molar refractivity (Wildman–Crippen MR) is 119 cm³/mol. The molecule has 7 heteroatoms. The fraction of sp³-hybridized carbons (Fsp3) is 0.696. The molecule has 0 radical (unpaired) electrons.